The number of aliphatic hydroxyl groups excluding tert-OH is 1. The Morgan fingerprint density at radius 2 is 2.28 bits per heavy atom. The van der Waals surface area contributed by atoms with Gasteiger partial charge in [0.2, 0.25) is 0 Å². The number of rotatable bonds is 3. The van der Waals surface area contributed by atoms with Crippen molar-refractivity contribution in [2.24, 2.45) is 0 Å². The molecule has 1 aromatic rings. The molecule has 1 fully saturated rings. The lowest BCUT2D eigenvalue weighted by molar-refractivity contribution is 0.0378. The second-order valence-electron chi connectivity index (χ2n) is 4.64. The van der Waals surface area contributed by atoms with Crippen LogP contribution in [0.4, 0.5) is 5.82 Å². The summed E-state index contributed by atoms with van der Waals surface area (Å²) in [6.07, 6.45) is 3.09. The molecule has 96 valence electrons. The summed E-state index contributed by atoms with van der Waals surface area (Å²) in [7, 11) is 0. The fraction of sp³-hybridized carbons (Fsp3) is 0.538. The Labute approximate surface area is 106 Å². The normalized spacial score (nSPS) is 18.1. The number of aliphatic hydroxyl groups is 1. The molecule has 0 aliphatic carbocycles. The van der Waals surface area contributed by atoms with Crippen LogP contribution in [0, 0.1) is 18.3 Å². The van der Waals surface area contributed by atoms with Crippen molar-refractivity contribution >= 4 is 5.82 Å². The fourth-order valence-corrected chi connectivity index (χ4v) is 2.13. The van der Waals surface area contributed by atoms with Gasteiger partial charge in [-0.25, -0.2) is 4.98 Å². The Kier molecular flexibility index (Phi) is 3.80. The molecule has 1 saturated heterocycles. The van der Waals surface area contributed by atoms with Gasteiger partial charge in [-0.3, -0.25) is 0 Å². The number of hydrogen-bond acceptors (Lipinski definition) is 5. The molecule has 0 unspecified atom stereocenters. The summed E-state index contributed by atoms with van der Waals surface area (Å²) < 4.78 is 5.31. The van der Waals surface area contributed by atoms with Crippen LogP contribution in [0.5, 0.6) is 0 Å². The highest BCUT2D eigenvalue weighted by Crippen LogP contribution is 2.27. The first-order valence-corrected chi connectivity index (χ1v) is 6.03. The van der Waals surface area contributed by atoms with E-state index in [1.807, 2.05) is 6.92 Å². The maximum atomic E-state index is 9.61. The third-order valence-electron chi connectivity index (χ3n) is 3.41. The lowest BCUT2D eigenvalue weighted by Crippen LogP contribution is -2.47. The van der Waals surface area contributed by atoms with Crippen LogP contribution in [-0.2, 0) is 4.74 Å². The van der Waals surface area contributed by atoms with E-state index in [1.165, 1.54) is 0 Å². The molecular formula is C13H17N3O2. The summed E-state index contributed by atoms with van der Waals surface area (Å²) in [5.41, 5.74) is 0.997. The van der Waals surface area contributed by atoms with Crippen molar-refractivity contribution in [1.82, 2.24) is 4.98 Å². The van der Waals surface area contributed by atoms with E-state index in [0.717, 1.165) is 5.56 Å². The van der Waals surface area contributed by atoms with Crippen LogP contribution in [0.1, 0.15) is 24.0 Å². The van der Waals surface area contributed by atoms with Gasteiger partial charge in [-0.15, -0.1) is 0 Å². The number of hydrogen-bond donors (Lipinski definition) is 2. The van der Waals surface area contributed by atoms with Gasteiger partial charge in [0.1, 0.15) is 11.9 Å². The average molecular weight is 247 g/mol. The third kappa shape index (κ3) is 2.45. The second kappa shape index (κ2) is 5.34. The standard InChI is InChI=1S/C13H17N3O2/c1-10-2-5-15-12(11(10)8-14)16-13(9-17)3-6-18-7-4-13/h2,5,17H,3-4,6-7,9H2,1H3,(H,15,16). The molecule has 1 aliphatic rings. The van der Waals surface area contributed by atoms with Crippen LogP contribution in [-0.4, -0.2) is 35.5 Å². The van der Waals surface area contributed by atoms with Gasteiger partial charge >= 0.3 is 0 Å². The van der Waals surface area contributed by atoms with E-state index in [4.69, 9.17) is 10.00 Å². The first-order chi connectivity index (χ1) is 8.71. The molecule has 0 bridgehead atoms. The van der Waals surface area contributed by atoms with E-state index < -0.39 is 5.54 Å². The van der Waals surface area contributed by atoms with Gasteiger partial charge in [0.25, 0.3) is 0 Å². The fourth-order valence-electron chi connectivity index (χ4n) is 2.13. The van der Waals surface area contributed by atoms with Crippen molar-refractivity contribution in [3.05, 3.63) is 23.4 Å². The largest absolute Gasteiger partial charge is 0.394 e. The molecule has 2 heterocycles. The molecule has 5 heteroatoms. The van der Waals surface area contributed by atoms with Gasteiger partial charge in [0.05, 0.1) is 17.7 Å². The number of aryl methyl sites for hydroxylation is 1. The summed E-state index contributed by atoms with van der Waals surface area (Å²) in [6.45, 7) is 3.11. The van der Waals surface area contributed by atoms with E-state index >= 15 is 0 Å². The second-order valence-corrected chi connectivity index (χ2v) is 4.64. The number of nitrogens with zero attached hydrogens (tertiary/aromatic N) is 2. The Morgan fingerprint density at radius 1 is 1.56 bits per heavy atom. The van der Waals surface area contributed by atoms with Gasteiger partial charge in [-0.05, 0) is 31.4 Å². The minimum absolute atomic E-state index is 0.0108. The van der Waals surface area contributed by atoms with Gasteiger partial charge < -0.3 is 15.2 Å². The Morgan fingerprint density at radius 3 is 2.89 bits per heavy atom. The van der Waals surface area contributed by atoms with Crippen LogP contribution in [0.25, 0.3) is 0 Å². The topological polar surface area (TPSA) is 78.2 Å². The smallest absolute Gasteiger partial charge is 0.144 e. The molecule has 1 aliphatic heterocycles. The van der Waals surface area contributed by atoms with Crippen molar-refractivity contribution in [2.75, 3.05) is 25.1 Å². The molecule has 0 radical (unpaired) electrons. The van der Waals surface area contributed by atoms with Crippen molar-refractivity contribution in [3.8, 4) is 6.07 Å². The molecule has 2 rings (SSSR count). The molecule has 2 N–H and O–H groups in total. The van der Waals surface area contributed by atoms with E-state index in [1.54, 1.807) is 12.3 Å². The average Bonchev–Trinajstić information content (AvgIpc) is 2.40. The molecular weight excluding hydrogens is 230 g/mol. The highest BCUT2D eigenvalue weighted by Gasteiger charge is 2.32. The summed E-state index contributed by atoms with van der Waals surface area (Å²) in [4.78, 5) is 4.21. The van der Waals surface area contributed by atoms with Crippen LogP contribution in [0.15, 0.2) is 12.3 Å². The predicted molar refractivity (Wildman–Crippen MR) is 67.2 cm³/mol. The molecule has 1 aromatic heterocycles. The van der Waals surface area contributed by atoms with Gasteiger partial charge in [0, 0.05) is 19.4 Å². The van der Waals surface area contributed by atoms with Gasteiger partial charge in [-0.2, -0.15) is 5.26 Å². The van der Waals surface area contributed by atoms with Crippen molar-refractivity contribution in [2.45, 2.75) is 25.3 Å². The van der Waals surface area contributed by atoms with Crippen LogP contribution in [0.2, 0.25) is 0 Å². The Balaban J connectivity index is 2.27. The van der Waals surface area contributed by atoms with Crippen LogP contribution < -0.4 is 5.32 Å². The molecule has 0 amide bonds. The molecule has 5 nitrogen and oxygen atoms in total. The maximum absolute atomic E-state index is 9.61. The number of anilines is 1. The zero-order chi connectivity index (χ0) is 13.0. The Bertz CT molecular complexity index is 462. The zero-order valence-corrected chi connectivity index (χ0v) is 10.4. The van der Waals surface area contributed by atoms with Crippen molar-refractivity contribution < 1.29 is 9.84 Å². The first-order valence-electron chi connectivity index (χ1n) is 6.03. The van der Waals surface area contributed by atoms with E-state index in [-0.39, 0.29) is 6.61 Å². The van der Waals surface area contributed by atoms with E-state index in [2.05, 4.69) is 16.4 Å². The lowest BCUT2D eigenvalue weighted by atomic mass is 9.90. The SMILES string of the molecule is Cc1ccnc(NC2(CO)CCOCC2)c1C#N. The minimum Gasteiger partial charge on any atom is -0.394 e. The van der Waals surface area contributed by atoms with E-state index in [9.17, 15) is 5.11 Å². The summed E-state index contributed by atoms with van der Waals surface area (Å²) in [5, 5.41) is 22.0. The maximum Gasteiger partial charge on any atom is 0.144 e. The number of pyridine rings is 1. The number of nitrogens with one attached hydrogen (secondary N) is 1. The van der Waals surface area contributed by atoms with Crippen LogP contribution in [0.3, 0.4) is 0 Å². The zero-order valence-electron chi connectivity index (χ0n) is 10.4. The predicted octanol–water partition coefficient (Wildman–Crippen LogP) is 1.22. The molecule has 18 heavy (non-hydrogen) atoms. The molecule has 0 atom stereocenters. The van der Waals surface area contributed by atoms with Gasteiger partial charge in [0.15, 0.2) is 0 Å². The summed E-state index contributed by atoms with van der Waals surface area (Å²) in [6, 6.07) is 3.96. The summed E-state index contributed by atoms with van der Waals surface area (Å²) >= 11 is 0. The third-order valence-corrected chi connectivity index (χ3v) is 3.41. The number of aromatic nitrogens is 1. The molecule has 0 aromatic carbocycles. The van der Waals surface area contributed by atoms with Crippen LogP contribution >= 0.6 is 0 Å². The number of ether oxygens (including phenoxy) is 1. The van der Waals surface area contributed by atoms with Gasteiger partial charge in [-0.1, -0.05) is 0 Å². The van der Waals surface area contributed by atoms with E-state index in [0.29, 0.717) is 37.4 Å². The summed E-state index contributed by atoms with van der Waals surface area (Å²) in [5.74, 6) is 0.549. The van der Waals surface area contributed by atoms with Crippen molar-refractivity contribution in [3.63, 3.8) is 0 Å². The highest BCUT2D eigenvalue weighted by atomic mass is 16.5. The molecule has 0 spiro atoms. The lowest BCUT2D eigenvalue weighted by Gasteiger charge is -2.37. The quantitative estimate of drug-likeness (QED) is 0.839. The highest BCUT2D eigenvalue weighted by molar-refractivity contribution is 5.56. The first kappa shape index (κ1) is 12.8. The minimum atomic E-state index is -0.426. The van der Waals surface area contributed by atoms with Crippen molar-refractivity contribution in [1.29, 1.82) is 5.26 Å². The molecule has 0 saturated carbocycles. The monoisotopic (exact) mass is 247 g/mol. The Hall–Kier alpha value is -1.64. The number of nitriles is 1.